The SMILES string of the molecule is O=C(CC1N(c2ccccc2)C(=C=S)NC(=C=S)N1c1ccccc1)c1ccccc1. The number of hydrogen-bond donors (Lipinski definition) is 1. The average molecular weight is 442 g/mol. The van der Waals surface area contributed by atoms with E-state index in [4.69, 9.17) is 24.4 Å². The Morgan fingerprint density at radius 1 is 0.742 bits per heavy atom. The van der Waals surface area contributed by atoms with E-state index < -0.39 is 6.17 Å². The molecule has 0 spiro atoms. The van der Waals surface area contributed by atoms with Gasteiger partial charge in [-0.3, -0.25) is 14.6 Å². The lowest BCUT2D eigenvalue weighted by molar-refractivity contribution is 0.0973. The van der Waals surface area contributed by atoms with Crippen molar-refractivity contribution in [2.24, 2.45) is 0 Å². The van der Waals surface area contributed by atoms with Crippen LogP contribution in [0.2, 0.25) is 0 Å². The second-order valence-electron chi connectivity index (χ2n) is 6.91. The van der Waals surface area contributed by atoms with E-state index in [2.05, 4.69) is 15.4 Å². The summed E-state index contributed by atoms with van der Waals surface area (Å²) in [6.07, 6.45) is -0.217. The first-order valence-corrected chi connectivity index (χ1v) is 10.6. The minimum atomic E-state index is -0.422. The number of anilines is 2. The zero-order valence-corrected chi connectivity index (χ0v) is 18.2. The van der Waals surface area contributed by atoms with E-state index in [0.717, 1.165) is 11.4 Å². The molecule has 3 aromatic rings. The summed E-state index contributed by atoms with van der Waals surface area (Å²) >= 11 is 10.4. The van der Waals surface area contributed by atoms with Crippen molar-refractivity contribution >= 4 is 51.6 Å². The van der Waals surface area contributed by atoms with Gasteiger partial charge in [-0.15, -0.1) is 0 Å². The van der Waals surface area contributed by atoms with E-state index in [1.807, 2.05) is 101 Å². The highest BCUT2D eigenvalue weighted by molar-refractivity contribution is 7.78. The van der Waals surface area contributed by atoms with Crippen LogP contribution in [0.25, 0.3) is 0 Å². The van der Waals surface area contributed by atoms with Crippen LogP contribution in [0.5, 0.6) is 0 Å². The highest BCUT2D eigenvalue weighted by Crippen LogP contribution is 2.33. The third-order valence-electron chi connectivity index (χ3n) is 5.04. The summed E-state index contributed by atoms with van der Waals surface area (Å²) in [6, 6.07) is 28.9. The standard InChI is InChI=1S/C25H19N3OS2/c29-22(19-10-4-1-5-11-19)16-25-27(20-12-6-2-7-13-20)23(17-30)26-24(18-31)28(25)21-14-8-3-9-15-21/h1-15,25-26H,16H2. The first-order valence-electron chi connectivity index (χ1n) is 9.77. The van der Waals surface area contributed by atoms with Crippen LogP contribution < -0.4 is 15.1 Å². The highest BCUT2D eigenvalue weighted by atomic mass is 32.1. The molecule has 3 aromatic carbocycles. The van der Waals surface area contributed by atoms with Gasteiger partial charge in [0.1, 0.15) is 6.17 Å². The number of para-hydroxylation sites is 2. The fourth-order valence-electron chi connectivity index (χ4n) is 3.67. The smallest absolute Gasteiger partial charge is 0.170 e. The Balaban J connectivity index is 1.86. The molecule has 4 nitrogen and oxygen atoms in total. The molecule has 1 aliphatic rings. The predicted octanol–water partition coefficient (Wildman–Crippen LogP) is 5.08. The number of carbonyl (C=O) groups is 1. The van der Waals surface area contributed by atoms with Crippen molar-refractivity contribution in [3.63, 3.8) is 0 Å². The van der Waals surface area contributed by atoms with Gasteiger partial charge in [-0.25, -0.2) is 0 Å². The van der Waals surface area contributed by atoms with Crippen molar-refractivity contribution in [3.8, 4) is 0 Å². The van der Waals surface area contributed by atoms with Crippen molar-refractivity contribution in [1.82, 2.24) is 5.32 Å². The first-order chi connectivity index (χ1) is 15.2. The zero-order chi connectivity index (χ0) is 21.6. The molecule has 0 amide bonds. The van der Waals surface area contributed by atoms with Gasteiger partial charge >= 0.3 is 0 Å². The quantitative estimate of drug-likeness (QED) is 0.439. The van der Waals surface area contributed by atoms with E-state index in [1.54, 1.807) is 0 Å². The third kappa shape index (κ3) is 4.33. The van der Waals surface area contributed by atoms with Crippen molar-refractivity contribution in [2.45, 2.75) is 12.6 Å². The molecule has 0 saturated carbocycles. The molecule has 4 rings (SSSR count). The Morgan fingerprint density at radius 2 is 1.16 bits per heavy atom. The molecule has 1 fully saturated rings. The molecule has 1 saturated heterocycles. The third-order valence-corrected chi connectivity index (χ3v) is 5.43. The maximum absolute atomic E-state index is 13.3. The van der Waals surface area contributed by atoms with Gasteiger partial charge in [0.05, 0.1) is 6.42 Å². The van der Waals surface area contributed by atoms with Crippen molar-refractivity contribution < 1.29 is 4.79 Å². The Morgan fingerprint density at radius 3 is 1.58 bits per heavy atom. The van der Waals surface area contributed by atoms with Gasteiger partial charge < -0.3 is 5.32 Å². The van der Waals surface area contributed by atoms with E-state index >= 15 is 0 Å². The molecule has 0 bridgehead atoms. The van der Waals surface area contributed by atoms with Gasteiger partial charge in [0.25, 0.3) is 0 Å². The number of ketones is 1. The lowest BCUT2D eigenvalue weighted by Gasteiger charge is -2.47. The Kier molecular flexibility index (Phi) is 6.37. The molecule has 1 aliphatic heterocycles. The highest BCUT2D eigenvalue weighted by Gasteiger charge is 2.38. The van der Waals surface area contributed by atoms with E-state index in [-0.39, 0.29) is 12.2 Å². The number of nitrogens with zero attached hydrogens (tertiary/aromatic N) is 2. The lowest BCUT2D eigenvalue weighted by atomic mass is 10.0. The number of benzene rings is 3. The monoisotopic (exact) mass is 441 g/mol. The largest absolute Gasteiger partial charge is 0.313 e. The van der Waals surface area contributed by atoms with Gasteiger partial charge in [-0.1, -0.05) is 66.7 Å². The van der Waals surface area contributed by atoms with Crippen LogP contribution in [-0.2, 0) is 0 Å². The second-order valence-corrected chi connectivity index (χ2v) is 7.32. The van der Waals surface area contributed by atoms with Crippen LogP contribution in [0, 0.1) is 0 Å². The van der Waals surface area contributed by atoms with Crippen LogP contribution in [0.4, 0.5) is 11.4 Å². The lowest BCUT2D eigenvalue weighted by Crippen LogP contribution is -2.58. The summed E-state index contributed by atoms with van der Waals surface area (Å²) in [4.78, 5) is 17.2. The van der Waals surface area contributed by atoms with E-state index in [9.17, 15) is 4.79 Å². The summed E-state index contributed by atoms with van der Waals surface area (Å²) in [6.45, 7) is 0. The fraction of sp³-hybridized carbons (Fsp3) is 0.0800. The van der Waals surface area contributed by atoms with Crippen LogP contribution in [-0.4, -0.2) is 22.0 Å². The zero-order valence-electron chi connectivity index (χ0n) is 16.6. The topological polar surface area (TPSA) is 35.6 Å². The van der Waals surface area contributed by atoms with Crippen LogP contribution in [0.1, 0.15) is 16.8 Å². The number of carbonyl (C=O) groups excluding carboxylic acids is 1. The van der Waals surface area contributed by atoms with Gasteiger partial charge in [-0.2, -0.15) is 0 Å². The fourth-order valence-corrected chi connectivity index (χ4v) is 3.96. The van der Waals surface area contributed by atoms with Crippen LogP contribution in [0.15, 0.2) is 103 Å². The minimum Gasteiger partial charge on any atom is -0.313 e. The Labute approximate surface area is 192 Å². The summed E-state index contributed by atoms with van der Waals surface area (Å²) in [5.74, 6) is 1.11. The van der Waals surface area contributed by atoms with Crippen molar-refractivity contribution in [3.05, 3.63) is 108 Å². The first kappa shape index (κ1) is 20.7. The summed E-state index contributed by atoms with van der Waals surface area (Å²) < 4.78 is 0. The molecule has 0 aromatic heterocycles. The molecular weight excluding hydrogens is 422 g/mol. The maximum Gasteiger partial charge on any atom is 0.170 e. The predicted molar refractivity (Wildman–Crippen MR) is 132 cm³/mol. The number of rotatable bonds is 5. The van der Waals surface area contributed by atoms with Gasteiger partial charge in [-0.05, 0) is 58.7 Å². The van der Waals surface area contributed by atoms with Crippen LogP contribution in [0.3, 0.4) is 0 Å². The molecule has 1 N–H and O–H groups in total. The normalized spacial score (nSPS) is 15.7. The number of hydrogen-bond acceptors (Lipinski definition) is 6. The maximum atomic E-state index is 13.3. The molecule has 1 heterocycles. The van der Waals surface area contributed by atoms with Gasteiger partial charge in [0.15, 0.2) is 17.4 Å². The molecule has 0 aliphatic carbocycles. The van der Waals surface area contributed by atoms with Gasteiger partial charge in [0.2, 0.25) is 0 Å². The van der Waals surface area contributed by atoms with Crippen molar-refractivity contribution in [2.75, 3.05) is 9.80 Å². The average Bonchev–Trinajstić information content (AvgIpc) is 2.84. The minimum absolute atomic E-state index is 0.0156. The summed E-state index contributed by atoms with van der Waals surface area (Å²) in [5, 5.41) is 8.84. The Hall–Kier alpha value is -3.53. The molecule has 31 heavy (non-hydrogen) atoms. The van der Waals surface area contributed by atoms with E-state index in [1.165, 1.54) is 0 Å². The van der Waals surface area contributed by atoms with Gasteiger partial charge in [0, 0.05) is 16.9 Å². The van der Waals surface area contributed by atoms with Crippen LogP contribution >= 0.6 is 24.4 Å². The van der Waals surface area contributed by atoms with E-state index in [0.29, 0.717) is 17.2 Å². The number of nitrogens with one attached hydrogen (secondary N) is 1. The Bertz CT molecular complexity index is 1100. The summed E-state index contributed by atoms with van der Waals surface area (Å²) in [5.41, 5.74) is 2.43. The number of thiocarbonyl (C=S) groups is 2. The molecule has 6 heteroatoms. The number of Topliss-reactive ketones (excluding diaryl/α,β-unsaturated/α-hetero) is 1. The molecule has 0 radical (unpaired) electrons. The van der Waals surface area contributed by atoms with Crippen molar-refractivity contribution in [1.29, 1.82) is 0 Å². The molecule has 152 valence electrons. The molecule has 0 unspecified atom stereocenters. The second kappa shape index (κ2) is 9.52. The summed E-state index contributed by atoms with van der Waals surface area (Å²) in [7, 11) is 0. The molecular formula is C25H19N3OS2. The molecule has 0 atom stereocenters.